The molecule has 2 heteroatoms. The highest BCUT2D eigenvalue weighted by atomic mass is 19.1. The van der Waals surface area contributed by atoms with Gasteiger partial charge in [0, 0.05) is 6.42 Å². The second kappa shape index (κ2) is 4.03. The van der Waals surface area contributed by atoms with E-state index < -0.39 is 12.8 Å². The van der Waals surface area contributed by atoms with Crippen LogP contribution in [0.3, 0.4) is 0 Å². The van der Waals surface area contributed by atoms with E-state index in [1.54, 1.807) is 0 Å². The zero-order chi connectivity index (χ0) is 5.70. The van der Waals surface area contributed by atoms with Crippen LogP contribution >= 0.6 is 0 Å². The van der Waals surface area contributed by atoms with Gasteiger partial charge in [-0.1, -0.05) is 6.92 Å². The molecule has 0 aromatic heterocycles. The summed E-state index contributed by atoms with van der Waals surface area (Å²) in [7, 11) is 0. The third-order valence-corrected chi connectivity index (χ3v) is 0.736. The normalized spacial score (nSPS) is 14.1. The fourth-order valence-electron chi connectivity index (χ4n) is 0.263. The van der Waals surface area contributed by atoms with Crippen LogP contribution in [-0.4, -0.2) is 12.8 Å². The van der Waals surface area contributed by atoms with Gasteiger partial charge in [-0.15, -0.1) is 0 Å². The first-order valence-corrected chi connectivity index (χ1v) is 2.30. The third-order valence-electron chi connectivity index (χ3n) is 0.736. The zero-order valence-electron chi connectivity index (χ0n) is 4.16. The highest BCUT2D eigenvalue weighted by molar-refractivity contribution is 4.54. The Labute approximate surface area is 42.5 Å². The van der Waals surface area contributed by atoms with Gasteiger partial charge in [0.2, 0.25) is 0 Å². The van der Waals surface area contributed by atoms with Gasteiger partial charge in [-0.05, 0) is 6.42 Å². The maximum Gasteiger partial charge on any atom is 0.103 e. The second-order valence-corrected chi connectivity index (χ2v) is 1.36. The molecule has 0 saturated heterocycles. The van der Waals surface area contributed by atoms with Gasteiger partial charge in [0.1, 0.15) is 6.17 Å². The van der Waals surface area contributed by atoms with Crippen molar-refractivity contribution >= 4 is 0 Å². The lowest BCUT2D eigenvalue weighted by molar-refractivity contribution is 0.285. The summed E-state index contributed by atoms with van der Waals surface area (Å²) in [4.78, 5) is 0. The van der Waals surface area contributed by atoms with Crippen molar-refractivity contribution in [3.05, 3.63) is 6.92 Å². The van der Waals surface area contributed by atoms with Gasteiger partial charge in [-0.3, -0.25) is 4.39 Å². The molecule has 1 atom stereocenters. The Hall–Kier alpha value is -0.140. The van der Waals surface area contributed by atoms with Crippen LogP contribution in [0, 0.1) is 6.92 Å². The van der Waals surface area contributed by atoms with Crippen molar-refractivity contribution < 1.29 is 8.78 Å². The second-order valence-electron chi connectivity index (χ2n) is 1.36. The van der Waals surface area contributed by atoms with Crippen molar-refractivity contribution in [2.45, 2.75) is 19.0 Å². The van der Waals surface area contributed by atoms with E-state index in [4.69, 9.17) is 0 Å². The smallest absolute Gasteiger partial charge is 0.103 e. The highest BCUT2D eigenvalue weighted by Gasteiger charge is 1.99. The van der Waals surface area contributed by atoms with E-state index in [1.807, 2.05) is 0 Å². The Kier molecular flexibility index (Phi) is 3.95. The number of hydrogen-bond acceptors (Lipinski definition) is 0. The minimum atomic E-state index is -1.04. The first kappa shape index (κ1) is 6.86. The van der Waals surface area contributed by atoms with Crippen LogP contribution in [-0.2, 0) is 0 Å². The fraction of sp³-hybridized carbons (Fsp3) is 0.800. The predicted octanol–water partition coefficient (Wildman–Crippen LogP) is 1.91. The Balaban J connectivity index is 2.83. The molecule has 0 saturated carbocycles. The maximum atomic E-state index is 11.8. The van der Waals surface area contributed by atoms with Gasteiger partial charge >= 0.3 is 0 Å². The van der Waals surface area contributed by atoms with Crippen molar-refractivity contribution in [1.82, 2.24) is 0 Å². The molecule has 0 unspecified atom stereocenters. The zero-order valence-corrected chi connectivity index (χ0v) is 4.16. The van der Waals surface area contributed by atoms with Crippen LogP contribution in [0.2, 0.25) is 0 Å². The van der Waals surface area contributed by atoms with E-state index in [0.29, 0.717) is 0 Å². The molecule has 0 fully saturated rings. The Morgan fingerprint density at radius 2 is 2.14 bits per heavy atom. The largest absolute Gasteiger partial charge is 0.251 e. The first-order chi connectivity index (χ1) is 3.31. The molecule has 0 N–H and O–H groups in total. The average Bonchev–Trinajstić information content (AvgIpc) is 1.68. The van der Waals surface area contributed by atoms with Gasteiger partial charge < -0.3 is 0 Å². The summed E-state index contributed by atoms with van der Waals surface area (Å²) < 4.78 is 23.0. The molecule has 0 aliphatic carbocycles. The van der Waals surface area contributed by atoms with Crippen LogP contribution in [0.15, 0.2) is 0 Å². The summed E-state index contributed by atoms with van der Waals surface area (Å²) in [5, 5.41) is 0. The van der Waals surface area contributed by atoms with Crippen LogP contribution in [0.25, 0.3) is 0 Å². The number of hydrogen-bond donors (Lipinski definition) is 0. The van der Waals surface area contributed by atoms with E-state index in [9.17, 15) is 8.78 Å². The molecule has 0 aliphatic rings. The number of halogens is 2. The molecule has 1 radical (unpaired) electrons. The molecule has 0 spiro atoms. The molecule has 0 aromatic rings. The van der Waals surface area contributed by atoms with Crippen LogP contribution in [0.5, 0.6) is 0 Å². The van der Waals surface area contributed by atoms with E-state index in [0.717, 1.165) is 0 Å². The van der Waals surface area contributed by atoms with Crippen molar-refractivity contribution in [3.63, 3.8) is 0 Å². The molecule has 0 rings (SSSR count). The van der Waals surface area contributed by atoms with E-state index in [-0.39, 0.29) is 12.8 Å². The first-order valence-electron chi connectivity index (χ1n) is 2.30. The molecule has 0 amide bonds. The monoisotopic (exact) mass is 107 g/mol. The standard InChI is InChI=1S/C5H9F2/c1-2-5(7)3-4-6/h5H,1-4H2/t5-/m0/s1. The SMILES string of the molecule is [CH2]C[C@H](F)CCF. The summed E-state index contributed by atoms with van der Waals surface area (Å²) in [5.74, 6) is 0. The van der Waals surface area contributed by atoms with Crippen LogP contribution < -0.4 is 0 Å². The molecule has 43 valence electrons. The lowest BCUT2D eigenvalue weighted by atomic mass is 10.2. The van der Waals surface area contributed by atoms with Gasteiger partial charge in [0.15, 0.2) is 0 Å². The van der Waals surface area contributed by atoms with E-state index >= 15 is 0 Å². The lowest BCUT2D eigenvalue weighted by Crippen LogP contribution is -1.97. The summed E-state index contributed by atoms with van der Waals surface area (Å²) >= 11 is 0. The highest BCUT2D eigenvalue weighted by Crippen LogP contribution is 2.00. The molecule has 0 nitrogen and oxygen atoms in total. The summed E-state index contributed by atoms with van der Waals surface area (Å²) in [6.07, 6.45) is -0.849. The van der Waals surface area contributed by atoms with Crippen molar-refractivity contribution in [3.8, 4) is 0 Å². The fourth-order valence-corrected chi connectivity index (χ4v) is 0.263. The molecule has 0 heterocycles. The molecular formula is C5H9F2. The van der Waals surface area contributed by atoms with Crippen molar-refractivity contribution in [1.29, 1.82) is 0 Å². The maximum absolute atomic E-state index is 11.8. The number of rotatable bonds is 3. The molecule has 0 aliphatic heterocycles. The van der Waals surface area contributed by atoms with Gasteiger partial charge in [-0.25, -0.2) is 4.39 Å². The van der Waals surface area contributed by atoms with Gasteiger partial charge in [0.25, 0.3) is 0 Å². The minimum absolute atomic E-state index is 0.00347. The lowest BCUT2D eigenvalue weighted by Gasteiger charge is -1.96. The summed E-state index contributed by atoms with van der Waals surface area (Å²) in [6.45, 7) is 2.69. The Morgan fingerprint density at radius 1 is 1.57 bits per heavy atom. The van der Waals surface area contributed by atoms with Crippen LogP contribution in [0.1, 0.15) is 12.8 Å². The van der Waals surface area contributed by atoms with Gasteiger partial charge in [0.05, 0.1) is 6.67 Å². The third kappa shape index (κ3) is 3.70. The van der Waals surface area contributed by atoms with Crippen molar-refractivity contribution in [2.24, 2.45) is 0 Å². The molecule has 0 bridgehead atoms. The molecular weight excluding hydrogens is 98.1 g/mol. The predicted molar refractivity (Wildman–Crippen MR) is 25.5 cm³/mol. The topological polar surface area (TPSA) is 0 Å². The molecule has 0 aromatic carbocycles. The number of alkyl halides is 2. The average molecular weight is 107 g/mol. The van der Waals surface area contributed by atoms with E-state index in [1.165, 1.54) is 0 Å². The van der Waals surface area contributed by atoms with Crippen molar-refractivity contribution in [2.75, 3.05) is 6.67 Å². The quantitative estimate of drug-likeness (QED) is 0.516. The van der Waals surface area contributed by atoms with Crippen LogP contribution in [0.4, 0.5) is 8.78 Å². The Morgan fingerprint density at radius 3 is 2.29 bits per heavy atom. The molecule has 7 heavy (non-hydrogen) atoms. The Bertz CT molecular complexity index is 37.1. The summed E-state index contributed by atoms with van der Waals surface area (Å²) in [5.41, 5.74) is 0. The summed E-state index contributed by atoms with van der Waals surface area (Å²) in [6, 6.07) is 0. The minimum Gasteiger partial charge on any atom is -0.251 e. The van der Waals surface area contributed by atoms with E-state index in [2.05, 4.69) is 6.92 Å². The van der Waals surface area contributed by atoms with Gasteiger partial charge in [-0.2, -0.15) is 0 Å².